The highest BCUT2D eigenvalue weighted by Crippen LogP contribution is 2.27. The first-order valence-corrected chi connectivity index (χ1v) is 12.8. The van der Waals surface area contributed by atoms with Crippen molar-refractivity contribution in [2.24, 2.45) is 10.7 Å². The molecule has 3 aromatic rings. The lowest BCUT2D eigenvalue weighted by Crippen LogP contribution is -2.05. The highest BCUT2D eigenvalue weighted by Gasteiger charge is 2.14. The molecular weight excluding hydrogens is 444 g/mol. The molecule has 0 saturated carbocycles. The van der Waals surface area contributed by atoms with Crippen LogP contribution < -0.4 is 11.1 Å². The Morgan fingerprint density at radius 1 is 1.03 bits per heavy atom. The predicted molar refractivity (Wildman–Crippen MR) is 130 cm³/mol. The number of anilines is 1. The Bertz CT molecular complexity index is 1230. The van der Waals surface area contributed by atoms with Gasteiger partial charge in [0.05, 0.1) is 22.1 Å². The molecule has 7 nitrogen and oxygen atoms in total. The summed E-state index contributed by atoms with van der Waals surface area (Å²) in [5, 5.41) is 3.33. The number of thiazole rings is 1. The van der Waals surface area contributed by atoms with Gasteiger partial charge in [-0.1, -0.05) is 24.3 Å². The molecule has 0 aliphatic carbocycles. The van der Waals surface area contributed by atoms with Crippen molar-refractivity contribution in [3.8, 4) is 0 Å². The number of sulfone groups is 1. The highest BCUT2D eigenvalue weighted by atomic mass is 32.2. The first-order valence-electron chi connectivity index (χ1n) is 10.0. The summed E-state index contributed by atoms with van der Waals surface area (Å²) in [4.78, 5) is 21.7. The van der Waals surface area contributed by atoms with Crippen molar-refractivity contribution in [2.45, 2.75) is 38.0 Å². The van der Waals surface area contributed by atoms with Gasteiger partial charge in [-0.15, -0.1) is 11.3 Å². The van der Waals surface area contributed by atoms with Crippen LogP contribution in [0.3, 0.4) is 0 Å². The van der Waals surface area contributed by atoms with Crippen LogP contribution in [0.15, 0.2) is 58.4 Å². The van der Waals surface area contributed by atoms with Crippen molar-refractivity contribution >= 4 is 43.7 Å². The topological polar surface area (TPSA) is 115 Å². The summed E-state index contributed by atoms with van der Waals surface area (Å²) in [5.41, 5.74) is 9.49. The molecule has 3 rings (SSSR count). The molecule has 1 aromatic heterocycles. The van der Waals surface area contributed by atoms with Crippen LogP contribution in [0.4, 0.5) is 10.8 Å². The number of hydrogen-bond donors (Lipinski definition) is 2. The van der Waals surface area contributed by atoms with Gasteiger partial charge < -0.3 is 11.1 Å². The Kier molecular flexibility index (Phi) is 7.42. The Labute approximate surface area is 192 Å². The van der Waals surface area contributed by atoms with Crippen LogP contribution in [0.5, 0.6) is 0 Å². The molecule has 168 valence electrons. The molecule has 0 radical (unpaired) electrons. The van der Waals surface area contributed by atoms with E-state index in [4.69, 9.17) is 5.73 Å². The number of carbonyl (C=O) groups excluding carboxylic acids is 1. The SMILES string of the molecule is CC(=O)Nc1nc(CCc2ccc(N=C(C)N)cc2)c(Cc2ccc(S(C)(=O)=O)cc2)s1. The van der Waals surface area contributed by atoms with Crippen molar-refractivity contribution in [3.05, 3.63) is 70.2 Å². The van der Waals surface area contributed by atoms with E-state index in [0.717, 1.165) is 33.8 Å². The molecule has 1 heterocycles. The van der Waals surface area contributed by atoms with E-state index >= 15 is 0 Å². The molecular formula is C23H26N4O3S2. The van der Waals surface area contributed by atoms with Gasteiger partial charge in [0.25, 0.3) is 0 Å². The number of amides is 1. The number of nitrogens with zero attached hydrogens (tertiary/aromatic N) is 2. The maximum Gasteiger partial charge on any atom is 0.223 e. The fourth-order valence-corrected chi connectivity index (χ4v) is 4.88. The molecule has 0 unspecified atom stereocenters. The third kappa shape index (κ3) is 6.73. The molecule has 9 heteroatoms. The van der Waals surface area contributed by atoms with Crippen LogP contribution >= 0.6 is 11.3 Å². The van der Waals surface area contributed by atoms with Gasteiger partial charge in [0.15, 0.2) is 15.0 Å². The lowest BCUT2D eigenvalue weighted by molar-refractivity contribution is -0.114. The second kappa shape index (κ2) is 10.1. The molecule has 0 fully saturated rings. The first-order chi connectivity index (χ1) is 15.1. The van der Waals surface area contributed by atoms with Gasteiger partial charge >= 0.3 is 0 Å². The molecule has 3 N–H and O–H groups in total. The number of rotatable bonds is 8. The number of hydrogen-bond acceptors (Lipinski definition) is 6. The smallest absolute Gasteiger partial charge is 0.223 e. The number of nitrogens with two attached hydrogens (primary N) is 1. The Morgan fingerprint density at radius 3 is 2.22 bits per heavy atom. The van der Waals surface area contributed by atoms with E-state index < -0.39 is 9.84 Å². The van der Waals surface area contributed by atoms with Gasteiger partial charge in [-0.2, -0.15) is 0 Å². The van der Waals surface area contributed by atoms with Crippen LogP contribution in [0, 0.1) is 0 Å². The molecule has 0 bridgehead atoms. The van der Waals surface area contributed by atoms with E-state index in [0.29, 0.717) is 28.7 Å². The second-order valence-corrected chi connectivity index (χ2v) is 10.7. The molecule has 0 aliphatic rings. The number of aliphatic imine (C=N–C) groups is 1. The molecule has 0 spiro atoms. The monoisotopic (exact) mass is 470 g/mol. The Morgan fingerprint density at radius 2 is 1.66 bits per heavy atom. The maximum absolute atomic E-state index is 11.7. The molecule has 32 heavy (non-hydrogen) atoms. The van der Waals surface area contributed by atoms with Crippen molar-refractivity contribution < 1.29 is 13.2 Å². The number of aryl methyl sites for hydroxylation is 2. The van der Waals surface area contributed by atoms with Crippen molar-refractivity contribution in [3.63, 3.8) is 0 Å². The maximum atomic E-state index is 11.7. The largest absolute Gasteiger partial charge is 0.387 e. The number of amidine groups is 1. The fourth-order valence-electron chi connectivity index (χ4n) is 3.16. The zero-order valence-corrected chi connectivity index (χ0v) is 19.9. The first kappa shape index (κ1) is 23.6. The van der Waals surface area contributed by atoms with Crippen LogP contribution in [0.2, 0.25) is 0 Å². The van der Waals surface area contributed by atoms with Gasteiger partial charge in [0.1, 0.15) is 0 Å². The standard InChI is InChI=1S/C23H26N4O3S2/c1-15(24)25-19-9-4-17(5-10-19)8-13-21-22(31-23(27-21)26-16(2)28)14-18-6-11-20(12-7-18)32(3,29)30/h4-7,9-12H,8,13-14H2,1-3H3,(H2,24,25)(H,26,27,28). The van der Waals surface area contributed by atoms with Crippen molar-refractivity contribution in [1.29, 1.82) is 0 Å². The lowest BCUT2D eigenvalue weighted by atomic mass is 10.0. The minimum atomic E-state index is -3.23. The minimum Gasteiger partial charge on any atom is -0.387 e. The van der Waals surface area contributed by atoms with Crippen molar-refractivity contribution in [1.82, 2.24) is 4.98 Å². The fraction of sp³-hybridized carbons (Fsp3) is 0.261. The molecule has 1 amide bonds. The summed E-state index contributed by atoms with van der Waals surface area (Å²) in [6.45, 7) is 3.21. The minimum absolute atomic E-state index is 0.166. The van der Waals surface area contributed by atoms with E-state index in [2.05, 4.69) is 15.3 Å². The van der Waals surface area contributed by atoms with Gasteiger partial charge in [-0.25, -0.2) is 18.4 Å². The van der Waals surface area contributed by atoms with Gasteiger partial charge in [0.2, 0.25) is 5.91 Å². The van der Waals surface area contributed by atoms with Crippen LogP contribution in [-0.4, -0.2) is 31.4 Å². The average molecular weight is 471 g/mol. The van der Waals surface area contributed by atoms with Gasteiger partial charge in [-0.05, 0) is 55.2 Å². The summed E-state index contributed by atoms with van der Waals surface area (Å²) in [5.74, 6) is 0.348. The number of nitrogens with one attached hydrogen (secondary N) is 1. The zero-order valence-electron chi connectivity index (χ0n) is 18.3. The quantitative estimate of drug-likeness (QED) is 0.383. The molecule has 0 aliphatic heterocycles. The van der Waals surface area contributed by atoms with Gasteiger partial charge in [-0.3, -0.25) is 4.79 Å². The van der Waals surface area contributed by atoms with E-state index in [1.807, 2.05) is 36.4 Å². The Balaban J connectivity index is 1.78. The van der Waals surface area contributed by atoms with E-state index in [-0.39, 0.29) is 5.91 Å². The number of aromatic nitrogens is 1. The number of carbonyl (C=O) groups is 1. The molecule has 0 atom stereocenters. The van der Waals surface area contributed by atoms with E-state index in [1.54, 1.807) is 19.1 Å². The van der Waals surface area contributed by atoms with E-state index in [1.165, 1.54) is 24.5 Å². The number of benzene rings is 2. The lowest BCUT2D eigenvalue weighted by Gasteiger charge is -2.05. The summed E-state index contributed by atoms with van der Waals surface area (Å²) in [7, 11) is -3.23. The van der Waals surface area contributed by atoms with Crippen LogP contribution in [-0.2, 0) is 33.9 Å². The summed E-state index contributed by atoms with van der Waals surface area (Å²) >= 11 is 1.44. The average Bonchev–Trinajstić information content (AvgIpc) is 3.07. The predicted octanol–water partition coefficient (Wildman–Crippen LogP) is 3.89. The van der Waals surface area contributed by atoms with Crippen LogP contribution in [0.25, 0.3) is 0 Å². The molecule has 2 aromatic carbocycles. The van der Waals surface area contributed by atoms with Gasteiger partial charge in [0, 0.05) is 24.5 Å². The third-order valence-corrected chi connectivity index (χ3v) is 6.81. The van der Waals surface area contributed by atoms with Crippen LogP contribution in [0.1, 0.15) is 35.5 Å². The van der Waals surface area contributed by atoms with E-state index in [9.17, 15) is 13.2 Å². The third-order valence-electron chi connectivity index (χ3n) is 4.67. The summed E-state index contributed by atoms with van der Waals surface area (Å²) in [6.07, 6.45) is 3.30. The highest BCUT2D eigenvalue weighted by molar-refractivity contribution is 7.90. The summed E-state index contributed by atoms with van der Waals surface area (Å²) < 4.78 is 23.4. The zero-order chi connectivity index (χ0) is 23.3. The second-order valence-electron chi connectivity index (χ2n) is 7.58. The van der Waals surface area contributed by atoms with Crippen molar-refractivity contribution in [2.75, 3.05) is 11.6 Å². The molecule has 0 saturated heterocycles. The normalized spacial score (nSPS) is 12.0. The summed E-state index contributed by atoms with van der Waals surface area (Å²) in [6, 6.07) is 14.8. The Hall–Kier alpha value is -3.04.